The number of rotatable bonds is 5. The number of carbonyl (C=O) groups is 1. The summed E-state index contributed by atoms with van der Waals surface area (Å²) in [6.45, 7) is 1.84. The highest BCUT2D eigenvalue weighted by Gasteiger charge is 2.20. The average molecular weight is 381 g/mol. The van der Waals surface area contributed by atoms with Gasteiger partial charge in [0, 0.05) is 17.8 Å². The van der Waals surface area contributed by atoms with Crippen LogP contribution in [-0.4, -0.2) is 54.2 Å². The maximum absolute atomic E-state index is 12.8. The average Bonchev–Trinajstić information content (AvgIpc) is 3.17. The van der Waals surface area contributed by atoms with Crippen molar-refractivity contribution < 1.29 is 14.3 Å². The van der Waals surface area contributed by atoms with Gasteiger partial charge in [0.05, 0.1) is 31.7 Å². The second-order valence-corrected chi connectivity index (χ2v) is 6.72. The van der Waals surface area contributed by atoms with Crippen LogP contribution >= 0.6 is 0 Å². The third kappa shape index (κ3) is 3.50. The lowest BCUT2D eigenvalue weighted by molar-refractivity contribution is 0.0931. The second kappa shape index (κ2) is 7.85. The van der Waals surface area contributed by atoms with E-state index in [4.69, 9.17) is 9.47 Å². The van der Waals surface area contributed by atoms with Crippen LogP contribution in [0.4, 0.5) is 0 Å². The van der Waals surface area contributed by atoms with Crippen LogP contribution in [0.15, 0.2) is 30.6 Å². The molecule has 1 aliphatic rings. The molecule has 0 saturated carbocycles. The lowest BCUT2D eigenvalue weighted by Crippen LogP contribution is -2.42. The van der Waals surface area contributed by atoms with Crippen LogP contribution in [0, 0.1) is 0 Å². The molecule has 1 amide bonds. The summed E-state index contributed by atoms with van der Waals surface area (Å²) in [4.78, 5) is 24.9. The summed E-state index contributed by atoms with van der Waals surface area (Å²) in [7, 11) is 3.18. The van der Waals surface area contributed by atoms with Gasteiger partial charge in [-0.3, -0.25) is 4.79 Å². The quantitative estimate of drug-likeness (QED) is 0.626. The molecule has 1 aromatic carbocycles. The van der Waals surface area contributed by atoms with Crippen molar-refractivity contribution in [2.75, 3.05) is 27.3 Å². The molecular weight excluding hydrogens is 358 g/mol. The molecule has 0 aliphatic carbocycles. The number of aromatic amines is 1. The molecule has 1 aliphatic heterocycles. The summed E-state index contributed by atoms with van der Waals surface area (Å²) < 4.78 is 10.7. The molecule has 2 aromatic heterocycles. The zero-order valence-electron chi connectivity index (χ0n) is 15.9. The van der Waals surface area contributed by atoms with Crippen molar-refractivity contribution in [1.29, 1.82) is 0 Å². The first kappa shape index (κ1) is 18.2. The van der Waals surface area contributed by atoms with Gasteiger partial charge in [0.2, 0.25) is 0 Å². The molecule has 28 heavy (non-hydrogen) atoms. The first-order valence-electron chi connectivity index (χ1n) is 9.27. The van der Waals surface area contributed by atoms with E-state index >= 15 is 0 Å². The predicted molar refractivity (Wildman–Crippen MR) is 106 cm³/mol. The molecule has 0 atom stereocenters. The fourth-order valence-electron chi connectivity index (χ4n) is 3.43. The number of nitrogens with zero attached hydrogens (tertiary/aromatic N) is 2. The monoisotopic (exact) mass is 381 g/mol. The van der Waals surface area contributed by atoms with E-state index in [-0.39, 0.29) is 11.9 Å². The number of benzene rings is 1. The van der Waals surface area contributed by atoms with Crippen LogP contribution in [-0.2, 0) is 0 Å². The summed E-state index contributed by atoms with van der Waals surface area (Å²) in [6, 6.07) is 5.73. The normalized spacial score (nSPS) is 14.8. The van der Waals surface area contributed by atoms with Crippen LogP contribution in [0.25, 0.3) is 22.4 Å². The Morgan fingerprint density at radius 1 is 1.18 bits per heavy atom. The Bertz CT molecular complexity index is 995. The first-order valence-corrected chi connectivity index (χ1v) is 9.27. The maximum atomic E-state index is 12.8. The molecule has 8 heteroatoms. The van der Waals surface area contributed by atoms with Crippen molar-refractivity contribution >= 4 is 17.1 Å². The number of methoxy groups -OCH3 is 2. The molecule has 146 valence electrons. The summed E-state index contributed by atoms with van der Waals surface area (Å²) in [5.41, 5.74) is 3.13. The van der Waals surface area contributed by atoms with Crippen LogP contribution in [0.5, 0.6) is 11.5 Å². The van der Waals surface area contributed by atoms with Gasteiger partial charge in [-0.15, -0.1) is 0 Å². The molecule has 4 rings (SSSR count). The molecule has 3 N–H and O–H groups in total. The molecule has 0 radical (unpaired) electrons. The van der Waals surface area contributed by atoms with E-state index in [1.165, 1.54) is 0 Å². The largest absolute Gasteiger partial charge is 0.493 e. The number of piperidine rings is 1. The Morgan fingerprint density at radius 2 is 1.96 bits per heavy atom. The summed E-state index contributed by atoms with van der Waals surface area (Å²) in [5.74, 6) is 1.13. The van der Waals surface area contributed by atoms with E-state index in [1.54, 1.807) is 26.6 Å². The zero-order valence-corrected chi connectivity index (χ0v) is 15.9. The number of hydrogen-bond acceptors (Lipinski definition) is 6. The van der Waals surface area contributed by atoms with Gasteiger partial charge in [0.15, 0.2) is 17.1 Å². The molecule has 0 spiro atoms. The molecule has 1 fully saturated rings. The van der Waals surface area contributed by atoms with E-state index in [1.807, 2.05) is 18.2 Å². The number of H-pyrrole nitrogens is 1. The molecule has 1 saturated heterocycles. The van der Waals surface area contributed by atoms with E-state index in [0.717, 1.165) is 31.5 Å². The highest BCUT2D eigenvalue weighted by atomic mass is 16.5. The van der Waals surface area contributed by atoms with Gasteiger partial charge < -0.3 is 25.1 Å². The van der Waals surface area contributed by atoms with Gasteiger partial charge in [-0.25, -0.2) is 9.97 Å². The molecule has 3 aromatic rings. The molecule has 3 heterocycles. The number of nitrogens with one attached hydrogen (secondary N) is 3. The van der Waals surface area contributed by atoms with Crippen LogP contribution in [0.1, 0.15) is 23.2 Å². The Kier molecular flexibility index (Phi) is 5.12. The van der Waals surface area contributed by atoms with Crippen LogP contribution in [0.3, 0.4) is 0 Å². The van der Waals surface area contributed by atoms with Gasteiger partial charge in [0.25, 0.3) is 5.91 Å². The van der Waals surface area contributed by atoms with Crippen LogP contribution in [0.2, 0.25) is 0 Å². The van der Waals surface area contributed by atoms with Gasteiger partial charge in [-0.05, 0) is 44.1 Å². The summed E-state index contributed by atoms with van der Waals surface area (Å²) in [5, 5.41) is 6.40. The van der Waals surface area contributed by atoms with Crippen molar-refractivity contribution in [1.82, 2.24) is 25.6 Å². The van der Waals surface area contributed by atoms with Crippen molar-refractivity contribution in [3.63, 3.8) is 0 Å². The highest BCUT2D eigenvalue weighted by Crippen LogP contribution is 2.32. The number of carbonyl (C=O) groups excluding carboxylic acids is 1. The Labute approximate surface area is 162 Å². The van der Waals surface area contributed by atoms with Crippen molar-refractivity contribution in [3.8, 4) is 22.8 Å². The van der Waals surface area contributed by atoms with E-state index in [0.29, 0.717) is 33.9 Å². The third-order valence-electron chi connectivity index (χ3n) is 4.98. The number of ether oxygens (including phenoxy) is 2. The minimum atomic E-state index is -0.128. The molecule has 8 nitrogen and oxygen atoms in total. The predicted octanol–water partition coefficient (Wildman–Crippen LogP) is 2.12. The Morgan fingerprint density at radius 3 is 2.71 bits per heavy atom. The summed E-state index contributed by atoms with van der Waals surface area (Å²) >= 11 is 0. The second-order valence-electron chi connectivity index (χ2n) is 6.72. The van der Waals surface area contributed by atoms with Crippen LogP contribution < -0.4 is 20.1 Å². The molecular formula is C20H23N5O3. The maximum Gasteiger partial charge on any atom is 0.255 e. The van der Waals surface area contributed by atoms with Crippen molar-refractivity contribution in [2.45, 2.75) is 18.9 Å². The van der Waals surface area contributed by atoms with E-state index in [9.17, 15) is 4.79 Å². The lowest BCUT2D eigenvalue weighted by Gasteiger charge is -2.23. The number of fused-ring (bicyclic) bond motifs is 1. The Balaban J connectivity index is 1.65. The molecule has 0 bridgehead atoms. The Hall–Kier alpha value is -3.13. The third-order valence-corrected chi connectivity index (χ3v) is 4.98. The topological polar surface area (TPSA) is 101 Å². The minimum Gasteiger partial charge on any atom is -0.493 e. The first-order chi connectivity index (χ1) is 13.7. The zero-order chi connectivity index (χ0) is 19.5. The standard InChI is InChI=1S/C20H23N5O3/c1-27-16-4-3-12(9-17(16)28-2)15-11-23-19-18(25-15)14(10-22-19)20(26)24-13-5-7-21-8-6-13/h3-4,9-11,13,21H,5-8H2,1-2H3,(H,22,23)(H,24,26). The van der Waals surface area contributed by atoms with E-state index in [2.05, 4.69) is 25.6 Å². The number of amides is 1. The van der Waals surface area contributed by atoms with E-state index < -0.39 is 0 Å². The number of hydrogen-bond donors (Lipinski definition) is 3. The minimum absolute atomic E-state index is 0.128. The van der Waals surface area contributed by atoms with Gasteiger partial charge in [-0.2, -0.15) is 0 Å². The smallest absolute Gasteiger partial charge is 0.255 e. The van der Waals surface area contributed by atoms with Gasteiger partial charge in [0.1, 0.15) is 5.52 Å². The fourth-order valence-corrected chi connectivity index (χ4v) is 3.43. The number of aromatic nitrogens is 3. The summed E-state index contributed by atoms with van der Waals surface area (Å²) in [6.07, 6.45) is 5.20. The SMILES string of the molecule is COc1ccc(-c2cnc3[nH]cc(C(=O)NC4CCNCC4)c3n2)cc1OC. The van der Waals surface area contributed by atoms with Gasteiger partial charge in [-0.1, -0.05) is 0 Å². The lowest BCUT2D eigenvalue weighted by atomic mass is 10.1. The molecule has 0 unspecified atom stereocenters. The van der Waals surface area contributed by atoms with Gasteiger partial charge >= 0.3 is 0 Å². The fraction of sp³-hybridized carbons (Fsp3) is 0.350. The highest BCUT2D eigenvalue weighted by molar-refractivity contribution is 6.04. The van der Waals surface area contributed by atoms with Crippen molar-refractivity contribution in [3.05, 3.63) is 36.2 Å². The van der Waals surface area contributed by atoms with Crippen molar-refractivity contribution in [2.24, 2.45) is 0 Å².